The third-order valence-electron chi connectivity index (χ3n) is 4.39. The summed E-state index contributed by atoms with van der Waals surface area (Å²) in [5.74, 6) is 0.890. The molecular weight excluding hydrogens is 310 g/mol. The maximum absolute atomic E-state index is 12.5. The van der Waals surface area contributed by atoms with E-state index in [1.165, 1.54) is 5.56 Å². The fourth-order valence-electron chi connectivity index (χ4n) is 2.97. The van der Waals surface area contributed by atoms with Crippen molar-refractivity contribution in [3.8, 4) is 0 Å². The van der Waals surface area contributed by atoms with Crippen molar-refractivity contribution in [1.29, 1.82) is 0 Å². The van der Waals surface area contributed by atoms with E-state index in [0.29, 0.717) is 0 Å². The van der Waals surface area contributed by atoms with Crippen molar-refractivity contribution in [2.75, 3.05) is 5.32 Å². The first-order valence-corrected chi connectivity index (χ1v) is 8.73. The lowest BCUT2D eigenvalue weighted by molar-refractivity contribution is -0.116. The molecule has 0 atom stereocenters. The Hall–Kier alpha value is -2.62. The molecule has 0 aliphatic heterocycles. The molecule has 2 aromatic carbocycles. The minimum Gasteiger partial charge on any atom is -0.325 e. The van der Waals surface area contributed by atoms with Crippen LogP contribution in [0.25, 0.3) is 11.0 Å². The van der Waals surface area contributed by atoms with Gasteiger partial charge in [-0.1, -0.05) is 52.0 Å². The molecule has 0 saturated carbocycles. The average Bonchev–Trinajstić information content (AvgIpc) is 2.92. The molecule has 1 heterocycles. The summed E-state index contributed by atoms with van der Waals surface area (Å²) in [6.07, 6.45) is 0.794. The molecule has 0 unspecified atom stereocenters. The van der Waals surface area contributed by atoms with E-state index in [9.17, 15) is 4.79 Å². The lowest BCUT2D eigenvalue weighted by atomic mass is 9.87. The van der Waals surface area contributed by atoms with E-state index in [2.05, 4.69) is 50.1 Å². The molecule has 1 N–H and O–H groups in total. The number of nitrogens with zero attached hydrogens (tertiary/aromatic N) is 2. The number of nitrogens with one attached hydrogen (secondary N) is 1. The number of hydrogen-bond acceptors (Lipinski definition) is 2. The summed E-state index contributed by atoms with van der Waals surface area (Å²) >= 11 is 0. The van der Waals surface area contributed by atoms with Crippen molar-refractivity contribution >= 4 is 22.6 Å². The molecule has 3 rings (SSSR count). The van der Waals surface area contributed by atoms with Gasteiger partial charge in [0.05, 0.1) is 11.0 Å². The van der Waals surface area contributed by atoms with Crippen LogP contribution >= 0.6 is 0 Å². The molecule has 4 heteroatoms. The number of carbonyl (C=O) groups is 1. The number of amides is 1. The van der Waals surface area contributed by atoms with Gasteiger partial charge >= 0.3 is 0 Å². The van der Waals surface area contributed by atoms with Crippen molar-refractivity contribution in [2.45, 2.75) is 46.1 Å². The number of aryl methyl sites for hydroxylation is 1. The number of aromatic nitrogens is 2. The van der Waals surface area contributed by atoms with E-state index in [1.54, 1.807) is 0 Å². The topological polar surface area (TPSA) is 46.9 Å². The highest BCUT2D eigenvalue weighted by atomic mass is 16.1. The number of fused-ring (bicyclic) bond motifs is 1. The highest BCUT2D eigenvalue weighted by Gasteiger charge is 2.14. The Morgan fingerprint density at radius 1 is 1.08 bits per heavy atom. The summed E-state index contributed by atoms with van der Waals surface area (Å²) in [5, 5.41) is 2.99. The van der Waals surface area contributed by atoms with E-state index in [1.807, 2.05) is 41.0 Å². The van der Waals surface area contributed by atoms with E-state index in [4.69, 9.17) is 0 Å². The van der Waals surface area contributed by atoms with Crippen LogP contribution in [0.15, 0.2) is 48.5 Å². The lowest BCUT2D eigenvalue weighted by Crippen LogP contribution is -2.20. The molecule has 0 spiro atoms. The third kappa shape index (κ3) is 3.73. The fraction of sp³-hybridized carbons (Fsp3) is 0.333. The Morgan fingerprint density at radius 2 is 1.76 bits per heavy atom. The monoisotopic (exact) mass is 335 g/mol. The van der Waals surface area contributed by atoms with Gasteiger partial charge in [-0.25, -0.2) is 4.98 Å². The number of rotatable bonds is 4. The maximum atomic E-state index is 12.5. The molecular formula is C21H25N3O. The van der Waals surface area contributed by atoms with Gasteiger partial charge in [0, 0.05) is 12.1 Å². The van der Waals surface area contributed by atoms with Crippen molar-refractivity contribution < 1.29 is 4.79 Å². The smallest absolute Gasteiger partial charge is 0.244 e. The molecule has 0 fully saturated rings. The van der Waals surface area contributed by atoms with Crippen LogP contribution in [0, 0.1) is 0 Å². The van der Waals surface area contributed by atoms with Gasteiger partial charge < -0.3 is 9.88 Å². The Balaban J connectivity index is 1.77. The van der Waals surface area contributed by atoms with Crippen LogP contribution in [0.3, 0.4) is 0 Å². The van der Waals surface area contributed by atoms with Gasteiger partial charge in [0.1, 0.15) is 12.4 Å². The largest absolute Gasteiger partial charge is 0.325 e. The van der Waals surface area contributed by atoms with Crippen molar-refractivity contribution in [3.63, 3.8) is 0 Å². The predicted octanol–water partition coefficient (Wildman–Crippen LogP) is 4.53. The Kier molecular flexibility index (Phi) is 4.62. The normalized spacial score (nSPS) is 11.7. The van der Waals surface area contributed by atoms with Gasteiger partial charge in [-0.05, 0) is 35.2 Å². The van der Waals surface area contributed by atoms with Crippen molar-refractivity contribution in [3.05, 3.63) is 59.9 Å². The third-order valence-corrected chi connectivity index (χ3v) is 4.39. The van der Waals surface area contributed by atoms with Gasteiger partial charge in [0.15, 0.2) is 0 Å². The van der Waals surface area contributed by atoms with Gasteiger partial charge in [-0.2, -0.15) is 0 Å². The second-order valence-corrected chi connectivity index (χ2v) is 7.33. The fourth-order valence-corrected chi connectivity index (χ4v) is 2.97. The molecule has 0 aliphatic carbocycles. The van der Waals surface area contributed by atoms with Crippen molar-refractivity contribution in [1.82, 2.24) is 9.55 Å². The van der Waals surface area contributed by atoms with Crippen LogP contribution < -0.4 is 5.32 Å². The second kappa shape index (κ2) is 6.71. The summed E-state index contributed by atoms with van der Waals surface area (Å²) in [7, 11) is 0. The summed E-state index contributed by atoms with van der Waals surface area (Å²) in [5.41, 5.74) is 4.10. The first-order valence-electron chi connectivity index (χ1n) is 8.73. The molecule has 25 heavy (non-hydrogen) atoms. The number of benzene rings is 2. The maximum Gasteiger partial charge on any atom is 0.244 e. The second-order valence-electron chi connectivity index (χ2n) is 7.33. The molecule has 3 aromatic rings. The summed E-state index contributed by atoms with van der Waals surface area (Å²) in [4.78, 5) is 17.1. The summed E-state index contributed by atoms with van der Waals surface area (Å²) in [6, 6.07) is 16.0. The minimum absolute atomic E-state index is 0.0404. The molecule has 1 aromatic heterocycles. The summed E-state index contributed by atoms with van der Waals surface area (Å²) < 4.78 is 1.99. The highest BCUT2D eigenvalue weighted by molar-refractivity contribution is 5.91. The standard InChI is InChI=1S/C21H25N3O/c1-5-19-23-17-8-6-7-9-18(17)24(19)14-20(25)22-16-12-10-15(11-13-16)21(2,3)4/h6-13H,5,14H2,1-4H3,(H,22,25). The molecule has 0 aliphatic rings. The Labute approximate surface area is 148 Å². The molecule has 0 saturated heterocycles. The average molecular weight is 335 g/mol. The van der Waals surface area contributed by atoms with Crippen LogP contribution in [0.5, 0.6) is 0 Å². The number of imidazole rings is 1. The van der Waals surface area contributed by atoms with E-state index in [0.717, 1.165) is 29.0 Å². The van der Waals surface area contributed by atoms with Gasteiger partial charge in [-0.3, -0.25) is 4.79 Å². The molecule has 130 valence electrons. The predicted molar refractivity (Wildman–Crippen MR) is 103 cm³/mol. The lowest BCUT2D eigenvalue weighted by Gasteiger charge is -2.19. The Morgan fingerprint density at radius 3 is 2.40 bits per heavy atom. The zero-order valence-corrected chi connectivity index (χ0v) is 15.3. The zero-order valence-electron chi connectivity index (χ0n) is 15.3. The quantitative estimate of drug-likeness (QED) is 0.761. The molecule has 1 amide bonds. The minimum atomic E-state index is -0.0404. The SMILES string of the molecule is CCc1nc2ccccc2n1CC(=O)Nc1ccc(C(C)(C)C)cc1. The number of para-hydroxylation sites is 2. The molecule has 4 nitrogen and oxygen atoms in total. The molecule has 0 bridgehead atoms. The Bertz CT molecular complexity index is 886. The zero-order chi connectivity index (χ0) is 18.0. The van der Waals surface area contributed by atoms with Gasteiger partial charge in [-0.15, -0.1) is 0 Å². The van der Waals surface area contributed by atoms with E-state index in [-0.39, 0.29) is 17.9 Å². The number of hydrogen-bond donors (Lipinski definition) is 1. The first kappa shape index (κ1) is 17.2. The summed E-state index contributed by atoms with van der Waals surface area (Å²) in [6.45, 7) is 8.86. The van der Waals surface area contributed by atoms with E-state index < -0.39 is 0 Å². The first-order chi connectivity index (χ1) is 11.9. The van der Waals surface area contributed by atoms with Crippen molar-refractivity contribution in [2.24, 2.45) is 0 Å². The number of anilines is 1. The van der Waals surface area contributed by atoms with Gasteiger partial charge in [0.2, 0.25) is 5.91 Å². The number of carbonyl (C=O) groups excluding carboxylic acids is 1. The molecule has 0 radical (unpaired) electrons. The van der Waals surface area contributed by atoms with Crippen LogP contribution in [-0.4, -0.2) is 15.5 Å². The van der Waals surface area contributed by atoms with E-state index >= 15 is 0 Å². The van der Waals surface area contributed by atoms with Gasteiger partial charge in [0.25, 0.3) is 0 Å². The van der Waals surface area contributed by atoms with Crippen LogP contribution in [-0.2, 0) is 23.2 Å². The highest BCUT2D eigenvalue weighted by Crippen LogP contribution is 2.23. The van der Waals surface area contributed by atoms with Crippen LogP contribution in [0.1, 0.15) is 39.1 Å². The van der Waals surface area contributed by atoms with Crippen LogP contribution in [0.2, 0.25) is 0 Å². The van der Waals surface area contributed by atoms with Crippen LogP contribution in [0.4, 0.5) is 5.69 Å².